The first-order valence-corrected chi connectivity index (χ1v) is 5.17. The van der Waals surface area contributed by atoms with Gasteiger partial charge in [0.05, 0.1) is 11.6 Å². The zero-order chi connectivity index (χ0) is 10.8. The SMILES string of the molecule is N#Cc1ccc(F)c(CS(=O)(=O)O)c1. The molecule has 74 valence electrons. The Morgan fingerprint density at radius 3 is 2.64 bits per heavy atom. The molecule has 0 heterocycles. The van der Waals surface area contributed by atoms with E-state index in [4.69, 9.17) is 9.81 Å². The van der Waals surface area contributed by atoms with Crippen LogP contribution in [0.4, 0.5) is 4.39 Å². The van der Waals surface area contributed by atoms with Crippen molar-refractivity contribution in [2.24, 2.45) is 0 Å². The molecule has 1 N–H and O–H groups in total. The van der Waals surface area contributed by atoms with Crippen LogP contribution in [0.15, 0.2) is 18.2 Å². The van der Waals surface area contributed by atoms with Gasteiger partial charge in [-0.25, -0.2) is 4.39 Å². The molecule has 0 spiro atoms. The molecule has 0 saturated carbocycles. The molecule has 14 heavy (non-hydrogen) atoms. The van der Waals surface area contributed by atoms with Gasteiger partial charge in [-0.05, 0) is 18.2 Å². The van der Waals surface area contributed by atoms with E-state index in [2.05, 4.69) is 0 Å². The number of rotatable bonds is 2. The minimum absolute atomic E-state index is 0.144. The third-order valence-electron chi connectivity index (χ3n) is 1.51. The van der Waals surface area contributed by atoms with Gasteiger partial charge in [0.2, 0.25) is 0 Å². The van der Waals surface area contributed by atoms with Crippen LogP contribution in [0.25, 0.3) is 0 Å². The highest BCUT2D eigenvalue weighted by molar-refractivity contribution is 7.85. The van der Waals surface area contributed by atoms with Gasteiger partial charge in [-0.2, -0.15) is 13.7 Å². The Morgan fingerprint density at radius 1 is 1.50 bits per heavy atom. The molecule has 0 radical (unpaired) electrons. The molecule has 1 aromatic carbocycles. The number of hydrogen-bond donors (Lipinski definition) is 1. The summed E-state index contributed by atoms with van der Waals surface area (Å²) in [5.41, 5.74) is -0.0726. The second kappa shape index (κ2) is 3.74. The lowest BCUT2D eigenvalue weighted by atomic mass is 10.1. The summed E-state index contributed by atoms with van der Waals surface area (Å²) in [7, 11) is -4.27. The minimum atomic E-state index is -4.27. The molecule has 0 amide bonds. The van der Waals surface area contributed by atoms with Crippen molar-refractivity contribution in [2.45, 2.75) is 5.75 Å². The first-order chi connectivity index (χ1) is 6.42. The number of halogens is 1. The van der Waals surface area contributed by atoms with Crippen molar-refractivity contribution in [2.75, 3.05) is 0 Å². The topological polar surface area (TPSA) is 78.2 Å². The van der Waals surface area contributed by atoms with Gasteiger partial charge in [-0.1, -0.05) is 0 Å². The van der Waals surface area contributed by atoms with Crippen molar-refractivity contribution in [3.63, 3.8) is 0 Å². The Kier molecular flexibility index (Phi) is 2.84. The highest BCUT2D eigenvalue weighted by atomic mass is 32.2. The molecular weight excluding hydrogens is 209 g/mol. The first-order valence-electron chi connectivity index (χ1n) is 3.56. The van der Waals surface area contributed by atoms with Gasteiger partial charge >= 0.3 is 0 Å². The van der Waals surface area contributed by atoms with E-state index in [1.807, 2.05) is 0 Å². The third-order valence-corrected chi connectivity index (χ3v) is 2.19. The fourth-order valence-electron chi connectivity index (χ4n) is 0.951. The van der Waals surface area contributed by atoms with Gasteiger partial charge in [0, 0.05) is 5.56 Å². The molecule has 6 heteroatoms. The van der Waals surface area contributed by atoms with Crippen LogP contribution in [0.1, 0.15) is 11.1 Å². The summed E-state index contributed by atoms with van der Waals surface area (Å²) in [5.74, 6) is -1.59. The lowest BCUT2D eigenvalue weighted by Crippen LogP contribution is -2.03. The maximum Gasteiger partial charge on any atom is 0.269 e. The summed E-state index contributed by atoms with van der Waals surface area (Å²) in [6.45, 7) is 0. The van der Waals surface area contributed by atoms with Gasteiger partial charge in [0.15, 0.2) is 0 Å². The van der Waals surface area contributed by atoms with Gasteiger partial charge in [-0.3, -0.25) is 4.55 Å². The van der Waals surface area contributed by atoms with Crippen molar-refractivity contribution in [3.05, 3.63) is 35.1 Å². The highest BCUT2D eigenvalue weighted by Crippen LogP contribution is 2.12. The van der Waals surface area contributed by atoms with Crippen LogP contribution in [0.2, 0.25) is 0 Å². The standard InChI is InChI=1S/C8H6FNO3S/c9-8-2-1-6(4-10)3-7(8)5-14(11,12)13/h1-3H,5H2,(H,11,12,13). The maximum atomic E-state index is 13.0. The molecule has 1 rings (SSSR count). The van der Waals surface area contributed by atoms with Gasteiger partial charge < -0.3 is 0 Å². The van der Waals surface area contributed by atoms with Gasteiger partial charge in [0.1, 0.15) is 11.6 Å². The number of nitriles is 1. The molecule has 0 atom stereocenters. The molecule has 0 aliphatic carbocycles. The summed E-state index contributed by atoms with van der Waals surface area (Å²) in [6.07, 6.45) is 0. The average Bonchev–Trinajstić information content (AvgIpc) is 2.06. The van der Waals surface area contributed by atoms with Crippen molar-refractivity contribution < 1.29 is 17.4 Å². The van der Waals surface area contributed by atoms with Crippen LogP contribution in [0, 0.1) is 17.1 Å². The van der Waals surface area contributed by atoms with E-state index in [-0.39, 0.29) is 11.1 Å². The average molecular weight is 215 g/mol. The Morgan fingerprint density at radius 2 is 2.14 bits per heavy atom. The quantitative estimate of drug-likeness (QED) is 0.749. The predicted octanol–water partition coefficient (Wildman–Crippen LogP) is 1.09. The molecule has 1 aromatic rings. The summed E-state index contributed by atoms with van der Waals surface area (Å²) in [5, 5.41) is 8.47. The highest BCUT2D eigenvalue weighted by Gasteiger charge is 2.11. The second-order valence-corrected chi connectivity index (χ2v) is 4.10. The van der Waals surface area contributed by atoms with E-state index in [0.29, 0.717) is 0 Å². The summed E-state index contributed by atoms with van der Waals surface area (Å²) in [6, 6.07) is 5.03. The molecule has 4 nitrogen and oxygen atoms in total. The Labute approximate surface area is 80.3 Å². The Bertz CT molecular complexity index is 490. The van der Waals surface area contributed by atoms with E-state index in [0.717, 1.165) is 12.1 Å². The van der Waals surface area contributed by atoms with Crippen molar-refractivity contribution >= 4 is 10.1 Å². The van der Waals surface area contributed by atoms with Crippen molar-refractivity contribution in [3.8, 4) is 6.07 Å². The van der Waals surface area contributed by atoms with Crippen LogP contribution in [0.5, 0.6) is 0 Å². The summed E-state index contributed by atoms with van der Waals surface area (Å²) < 4.78 is 42.4. The lowest BCUT2D eigenvalue weighted by Gasteiger charge is -2.00. The monoisotopic (exact) mass is 215 g/mol. The lowest BCUT2D eigenvalue weighted by molar-refractivity contribution is 0.480. The zero-order valence-corrected chi connectivity index (χ0v) is 7.75. The Balaban J connectivity index is 3.15. The molecule has 0 saturated heterocycles. The van der Waals surface area contributed by atoms with E-state index in [9.17, 15) is 12.8 Å². The van der Waals surface area contributed by atoms with Gasteiger partial charge in [-0.15, -0.1) is 0 Å². The van der Waals surface area contributed by atoms with E-state index < -0.39 is 21.7 Å². The van der Waals surface area contributed by atoms with Crippen molar-refractivity contribution in [1.82, 2.24) is 0 Å². The molecule has 0 unspecified atom stereocenters. The summed E-state index contributed by atoms with van der Waals surface area (Å²) in [4.78, 5) is 0. The van der Waals surface area contributed by atoms with Crippen LogP contribution in [-0.2, 0) is 15.9 Å². The zero-order valence-electron chi connectivity index (χ0n) is 6.94. The normalized spacial score (nSPS) is 10.9. The van der Waals surface area contributed by atoms with E-state index in [1.54, 1.807) is 6.07 Å². The van der Waals surface area contributed by atoms with E-state index in [1.165, 1.54) is 6.07 Å². The number of nitrogens with zero attached hydrogens (tertiary/aromatic N) is 1. The molecule has 0 bridgehead atoms. The summed E-state index contributed by atoms with van der Waals surface area (Å²) >= 11 is 0. The molecular formula is C8H6FNO3S. The predicted molar refractivity (Wildman–Crippen MR) is 46.4 cm³/mol. The van der Waals surface area contributed by atoms with Gasteiger partial charge in [0.25, 0.3) is 10.1 Å². The smallest absolute Gasteiger partial charge is 0.269 e. The van der Waals surface area contributed by atoms with Crippen LogP contribution >= 0.6 is 0 Å². The molecule has 0 aliphatic heterocycles. The van der Waals surface area contributed by atoms with Crippen molar-refractivity contribution in [1.29, 1.82) is 5.26 Å². The van der Waals surface area contributed by atoms with E-state index >= 15 is 0 Å². The number of benzene rings is 1. The second-order valence-electron chi connectivity index (χ2n) is 2.64. The molecule has 0 fully saturated rings. The van der Waals surface area contributed by atoms with Crippen LogP contribution < -0.4 is 0 Å². The first kappa shape index (κ1) is 10.6. The molecule has 0 aromatic heterocycles. The largest absolute Gasteiger partial charge is 0.285 e. The minimum Gasteiger partial charge on any atom is -0.285 e. The maximum absolute atomic E-state index is 13.0. The fourth-order valence-corrected chi connectivity index (χ4v) is 1.57. The number of hydrogen-bond acceptors (Lipinski definition) is 3. The third kappa shape index (κ3) is 2.80. The van der Waals surface area contributed by atoms with Crippen LogP contribution in [0.3, 0.4) is 0 Å². The Hall–Kier alpha value is -1.45. The van der Waals surface area contributed by atoms with Crippen LogP contribution in [-0.4, -0.2) is 13.0 Å². The fraction of sp³-hybridized carbons (Fsp3) is 0.125. The molecule has 0 aliphatic rings.